The normalized spacial score (nSPS) is 11.0. The van der Waals surface area contributed by atoms with Crippen LogP contribution in [0, 0.1) is 6.92 Å². The van der Waals surface area contributed by atoms with Gasteiger partial charge in [0.05, 0.1) is 31.7 Å². The minimum atomic E-state index is -1.02. The zero-order chi connectivity index (χ0) is 15.1. The fourth-order valence-corrected chi connectivity index (χ4v) is 3.41. The summed E-state index contributed by atoms with van der Waals surface area (Å²) >= 11 is 13.7. The van der Waals surface area contributed by atoms with Gasteiger partial charge in [-0.2, -0.15) is 0 Å². The highest BCUT2D eigenvalue weighted by atomic mass is 35.5. The fraction of sp³-hybridized carbons (Fsp3) is 0.0667. The molecule has 1 N–H and O–H groups in total. The van der Waals surface area contributed by atoms with Crippen LogP contribution in [-0.2, 0) is 0 Å². The van der Waals surface area contributed by atoms with Gasteiger partial charge in [-0.15, -0.1) is 11.3 Å². The molecule has 0 amide bonds. The molecule has 3 rings (SSSR count). The minimum Gasteiger partial charge on any atom is -0.478 e. The SMILES string of the molecule is Cc1ccsc1-c1cc(C(=O)O)c2ccc(Cl)c(Cl)c2n1. The number of aromatic nitrogens is 1. The Hall–Kier alpha value is -1.62. The number of halogens is 2. The van der Waals surface area contributed by atoms with E-state index in [0.717, 1.165) is 10.4 Å². The number of carboxylic acid groups (broad SMARTS) is 1. The minimum absolute atomic E-state index is 0.168. The van der Waals surface area contributed by atoms with Gasteiger partial charge in [-0.25, -0.2) is 9.78 Å². The van der Waals surface area contributed by atoms with Gasteiger partial charge in [-0.05, 0) is 36.1 Å². The average Bonchev–Trinajstić information content (AvgIpc) is 2.88. The van der Waals surface area contributed by atoms with Crippen molar-refractivity contribution in [3.05, 3.63) is 50.8 Å². The van der Waals surface area contributed by atoms with Crippen LogP contribution in [0.5, 0.6) is 0 Å². The number of thiophene rings is 1. The third kappa shape index (κ3) is 2.39. The van der Waals surface area contributed by atoms with Crippen LogP contribution in [-0.4, -0.2) is 16.1 Å². The molecule has 0 aliphatic carbocycles. The number of benzene rings is 1. The van der Waals surface area contributed by atoms with E-state index in [4.69, 9.17) is 23.2 Å². The van der Waals surface area contributed by atoms with Gasteiger partial charge in [0.2, 0.25) is 0 Å². The first-order valence-electron chi connectivity index (χ1n) is 6.05. The van der Waals surface area contributed by atoms with Crippen LogP contribution in [0.2, 0.25) is 10.0 Å². The Labute approximate surface area is 134 Å². The maximum Gasteiger partial charge on any atom is 0.336 e. The predicted molar refractivity (Wildman–Crippen MR) is 86.8 cm³/mol. The molecule has 0 spiro atoms. The molecular formula is C15H9Cl2NO2S. The Balaban J connectivity index is 2.41. The van der Waals surface area contributed by atoms with E-state index in [2.05, 4.69) is 4.98 Å². The van der Waals surface area contributed by atoms with Crippen LogP contribution in [0.3, 0.4) is 0 Å². The van der Waals surface area contributed by atoms with E-state index in [1.165, 1.54) is 11.3 Å². The Kier molecular flexibility index (Phi) is 3.61. The Morgan fingerprint density at radius 3 is 2.67 bits per heavy atom. The number of aryl methyl sites for hydroxylation is 1. The van der Waals surface area contributed by atoms with Gasteiger partial charge in [-0.1, -0.05) is 29.3 Å². The number of carboxylic acids is 1. The van der Waals surface area contributed by atoms with Gasteiger partial charge in [0.15, 0.2) is 0 Å². The summed E-state index contributed by atoms with van der Waals surface area (Å²) in [7, 11) is 0. The summed E-state index contributed by atoms with van der Waals surface area (Å²) in [6, 6.07) is 6.75. The van der Waals surface area contributed by atoms with Crippen molar-refractivity contribution in [2.45, 2.75) is 6.92 Å². The molecule has 6 heteroatoms. The lowest BCUT2D eigenvalue weighted by atomic mass is 10.1. The molecule has 21 heavy (non-hydrogen) atoms. The highest BCUT2D eigenvalue weighted by molar-refractivity contribution is 7.13. The number of rotatable bonds is 2. The van der Waals surface area contributed by atoms with E-state index in [9.17, 15) is 9.90 Å². The Morgan fingerprint density at radius 2 is 2.05 bits per heavy atom. The van der Waals surface area contributed by atoms with Gasteiger partial charge in [0.25, 0.3) is 0 Å². The van der Waals surface area contributed by atoms with Crippen molar-refractivity contribution in [3.8, 4) is 10.6 Å². The van der Waals surface area contributed by atoms with Crippen molar-refractivity contribution in [2.75, 3.05) is 0 Å². The molecule has 2 aromatic heterocycles. The first-order valence-corrected chi connectivity index (χ1v) is 7.69. The molecule has 0 fully saturated rings. The highest BCUT2D eigenvalue weighted by Crippen LogP contribution is 2.35. The lowest BCUT2D eigenvalue weighted by Gasteiger charge is -2.08. The van der Waals surface area contributed by atoms with Crippen LogP contribution in [0.25, 0.3) is 21.5 Å². The third-order valence-corrected chi connectivity index (χ3v) is 5.03. The summed E-state index contributed by atoms with van der Waals surface area (Å²) in [6.45, 7) is 1.96. The number of pyridine rings is 1. The number of hydrogen-bond donors (Lipinski definition) is 1. The van der Waals surface area contributed by atoms with E-state index in [1.54, 1.807) is 18.2 Å². The number of fused-ring (bicyclic) bond motifs is 1. The Morgan fingerprint density at radius 1 is 1.29 bits per heavy atom. The molecule has 0 saturated carbocycles. The molecule has 0 saturated heterocycles. The van der Waals surface area contributed by atoms with Crippen LogP contribution in [0.4, 0.5) is 0 Å². The Bertz CT molecular complexity index is 873. The van der Waals surface area contributed by atoms with Gasteiger partial charge < -0.3 is 5.11 Å². The maximum absolute atomic E-state index is 11.5. The summed E-state index contributed by atoms with van der Waals surface area (Å²) in [5.74, 6) is -1.02. The van der Waals surface area contributed by atoms with E-state index in [0.29, 0.717) is 21.6 Å². The second kappa shape index (κ2) is 5.30. The molecule has 0 aliphatic rings. The average molecular weight is 338 g/mol. The van der Waals surface area contributed by atoms with Gasteiger partial charge >= 0.3 is 5.97 Å². The number of hydrogen-bond acceptors (Lipinski definition) is 3. The van der Waals surface area contributed by atoms with E-state index >= 15 is 0 Å². The molecule has 0 aliphatic heterocycles. The fourth-order valence-electron chi connectivity index (χ4n) is 2.16. The predicted octanol–water partition coefficient (Wildman–Crippen LogP) is 5.28. The van der Waals surface area contributed by atoms with Crippen LogP contribution in [0.1, 0.15) is 15.9 Å². The third-order valence-electron chi connectivity index (χ3n) is 3.20. The zero-order valence-electron chi connectivity index (χ0n) is 10.9. The van der Waals surface area contributed by atoms with Crippen LogP contribution >= 0.6 is 34.5 Å². The second-order valence-corrected chi connectivity index (χ2v) is 6.25. The summed E-state index contributed by atoms with van der Waals surface area (Å²) in [6.07, 6.45) is 0. The highest BCUT2D eigenvalue weighted by Gasteiger charge is 2.17. The summed E-state index contributed by atoms with van der Waals surface area (Å²) in [4.78, 5) is 17.0. The van der Waals surface area contributed by atoms with E-state index in [1.807, 2.05) is 18.4 Å². The number of nitrogens with zero attached hydrogens (tertiary/aromatic N) is 1. The molecule has 3 aromatic rings. The first-order chi connectivity index (χ1) is 9.99. The smallest absolute Gasteiger partial charge is 0.336 e. The largest absolute Gasteiger partial charge is 0.478 e. The molecule has 2 heterocycles. The molecule has 0 unspecified atom stereocenters. The van der Waals surface area contributed by atoms with E-state index in [-0.39, 0.29) is 10.6 Å². The molecule has 0 bridgehead atoms. The molecule has 3 nitrogen and oxygen atoms in total. The van der Waals surface area contributed by atoms with Gasteiger partial charge in [0, 0.05) is 5.39 Å². The van der Waals surface area contributed by atoms with Crippen molar-refractivity contribution < 1.29 is 9.90 Å². The van der Waals surface area contributed by atoms with Crippen molar-refractivity contribution in [1.82, 2.24) is 4.98 Å². The van der Waals surface area contributed by atoms with Crippen molar-refractivity contribution in [2.24, 2.45) is 0 Å². The molecule has 106 valence electrons. The lowest BCUT2D eigenvalue weighted by molar-refractivity contribution is 0.0699. The summed E-state index contributed by atoms with van der Waals surface area (Å²) < 4.78 is 0. The van der Waals surface area contributed by atoms with Gasteiger partial charge in [0.1, 0.15) is 0 Å². The molecule has 1 aromatic carbocycles. The van der Waals surface area contributed by atoms with E-state index < -0.39 is 5.97 Å². The van der Waals surface area contributed by atoms with Crippen LogP contribution < -0.4 is 0 Å². The lowest BCUT2D eigenvalue weighted by Crippen LogP contribution is -2.00. The van der Waals surface area contributed by atoms with Crippen molar-refractivity contribution in [3.63, 3.8) is 0 Å². The number of aromatic carboxylic acids is 1. The second-order valence-electron chi connectivity index (χ2n) is 4.55. The summed E-state index contributed by atoms with van der Waals surface area (Å²) in [5, 5.41) is 12.5. The van der Waals surface area contributed by atoms with Crippen LogP contribution in [0.15, 0.2) is 29.6 Å². The van der Waals surface area contributed by atoms with Crippen molar-refractivity contribution in [1.29, 1.82) is 0 Å². The number of carbonyl (C=O) groups is 1. The van der Waals surface area contributed by atoms with Gasteiger partial charge in [-0.3, -0.25) is 0 Å². The topological polar surface area (TPSA) is 50.2 Å². The maximum atomic E-state index is 11.5. The van der Waals surface area contributed by atoms with Crippen molar-refractivity contribution >= 4 is 51.4 Å². The molecule has 0 atom stereocenters. The standard InChI is InChI=1S/C15H9Cl2NO2S/c1-7-4-5-21-14(7)11-6-9(15(19)20)8-2-3-10(16)12(17)13(8)18-11/h2-6H,1H3,(H,19,20). The monoisotopic (exact) mass is 337 g/mol. The molecule has 0 radical (unpaired) electrons. The quantitative estimate of drug-likeness (QED) is 0.692. The first kappa shape index (κ1) is 14.3. The molecular weight excluding hydrogens is 329 g/mol. The zero-order valence-corrected chi connectivity index (χ0v) is 13.2. The summed E-state index contributed by atoms with van der Waals surface area (Å²) in [5.41, 5.74) is 2.21.